The molecule has 0 unspecified atom stereocenters. The van der Waals surface area contributed by atoms with Crippen LogP contribution in [-0.4, -0.2) is 19.3 Å². The minimum absolute atomic E-state index is 0.301. The Morgan fingerprint density at radius 3 is 2.65 bits per heavy atom. The number of rotatable bonds is 3. The summed E-state index contributed by atoms with van der Waals surface area (Å²) in [5.74, 6) is 5.28. The van der Waals surface area contributed by atoms with E-state index >= 15 is 0 Å². The van der Waals surface area contributed by atoms with Crippen molar-refractivity contribution in [2.75, 3.05) is 12.0 Å². The van der Waals surface area contributed by atoms with Gasteiger partial charge in [-0.05, 0) is 47.7 Å². The van der Waals surface area contributed by atoms with Crippen molar-refractivity contribution in [2.24, 2.45) is 5.84 Å². The molecule has 0 aliphatic carbocycles. The Kier molecular flexibility index (Phi) is 3.51. The third kappa shape index (κ3) is 2.33. The van der Waals surface area contributed by atoms with Crippen LogP contribution in [0.5, 0.6) is 0 Å². The van der Waals surface area contributed by atoms with Crippen molar-refractivity contribution < 1.29 is 8.42 Å². The van der Waals surface area contributed by atoms with Crippen LogP contribution in [0.15, 0.2) is 40.6 Å². The summed E-state index contributed by atoms with van der Waals surface area (Å²) in [6.45, 7) is 0.991. The molecule has 0 saturated carbocycles. The van der Waals surface area contributed by atoms with Crippen LogP contribution in [0.3, 0.4) is 0 Å². The molecule has 0 amide bonds. The van der Waals surface area contributed by atoms with E-state index in [1.54, 1.807) is 35.6 Å². The van der Waals surface area contributed by atoms with E-state index in [0.29, 0.717) is 23.7 Å². The highest BCUT2D eigenvalue weighted by Crippen LogP contribution is 2.28. The Balaban J connectivity index is 1.88. The van der Waals surface area contributed by atoms with Crippen LogP contribution < -0.4 is 11.3 Å². The van der Waals surface area contributed by atoms with Gasteiger partial charge in [0.25, 0.3) is 0 Å². The monoisotopic (exact) mass is 309 g/mol. The van der Waals surface area contributed by atoms with Gasteiger partial charge >= 0.3 is 0 Å². The van der Waals surface area contributed by atoms with E-state index < -0.39 is 10.0 Å². The van der Waals surface area contributed by atoms with E-state index in [2.05, 4.69) is 5.43 Å². The van der Waals surface area contributed by atoms with Crippen LogP contribution in [-0.2, 0) is 23.0 Å². The first-order valence-corrected chi connectivity index (χ1v) is 8.55. The lowest BCUT2D eigenvalue weighted by atomic mass is 10.1. The van der Waals surface area contributed by atoms with E-state index in [-0.39, 0.29) is 0 Å². The molecule has 0 spiro atoms. The van der Waals surface area contributed by atoms with Crippen molar-refractivity contribution >= 4 is 27.0 Å². The van der Waals surface area contributed by atoms with Crippen molar-refractivity contribution in [2.45, 2.75) is 17.9 Å². The van der Waals surface area contributed by atoms with Crippen LogP contribution in [0.25, 0.3) is 0 Å². The van der Waals surface area contributed by atoms with Crippen molar-refractivity contribution in [3.8, 4) is 0 Å². The number of nitrogen functional groups attached to an aromatic ring is 1. The number of nitrogens with one attached hydrogen (secondary N) is 1. The topological polar surface area (TPSA) is 75.4 Å². The van der Waals surface area contributed by atoms with E-state index in [0.717, 1.165) is 12.0 Å². The summed E-state index contributed by atoms with van der Waals surface area (Å²) in [5.41, 5.74) is 4.29. The Hall–Kier alpha value is -1.41. The van der Waals surface area contributed by atoms with E-state index in [1.165, 1.54) is 9.18 Å². The standard InChI is InChI=1S/C13H15N3O2S2/c14-15-11-1-3-12(4-2-11)20(17,18)16-7-5-13-10(9-16)6-8-19-13/h1-4,6,8,15H,5,7,9,14H2. The molecule has 1 aromatic carbocycles. The predicted octanol–water partition coefficient (Wildman–Crippen LogP) is 1.78. The smallest absolute Gasteiger partial charge is 0.243 e. The number of hydrogen-bond acceptors (Lipinski definition) is 5. The molecule has 7 heteroatoms. The normalized spacial score (nSPS) is 15.8. The SMILES string of the molecule is NNc1ccc(S(=O)(=O)N2CCc3sccc3C2)cc1. The highest BCUT2D eigenvalue weighted by atomic mass is 32.2. The second-order valence-corrected chi connectivity index (χ2v) is 7.56. The first-order chi connectivity index (χ1) is 9.61. The number of nitrogens with zero attached hydrogens (tertiary/aromatic N) is 1. The van der Waals surface area contributed by atoms with Gasteiger partial charge in [0.15, 0.2) is 0 Å². The fraction of sp³-hybridized carbons (Fsp3) is 0.231. The summed E-state index contributed by atoms with van der Waals surface area (Å²) >= 11 is 1.70. The van der Waals surface area contributed by atoms with Crippen molar-refractivity contribution in [1.82, 2.24) is 4.31 Å². The maximum Gasteiger partial charge on any atom is 0.243 e. The number of sulfonamides is 1. The number of hydrazine groups is 1. The van der Waals surface area contributed by atoms with Gasteiger partial charge in [-0.15, -0.1) is 11.3 Å². The molecule has 0 saturated heterocycles. The number of thiophene rings is 1. The van der Waals surface area contributed by atoms with Gasteiger partial charge in [-0.3, -0.25) is 5.84 Å². The number of benzene rings is 1. The van der Waals surface area contributed by atoms with Gasteiger partial charge in [-0.1, -0.05) is 0 Å². The van der Waals surface area contributed by atoms with Gasteiger partial charge in [0, 0.05) is 23.7 Å². The second kappa shape index (κ2) is 5.17. The highest BCUT2D eigenvalue weighted by Gasteiger charge is 2.28. The molecule has 0 bridgehead atoms. The number of fused-ring (bicyclic) bond motifs is 1. The molecule has 3 rings (SSSR count). The summed E-state index contributed by atoms with van der Waals surface area (Å²) in [4.78, 5) is 1.59. The summed E-state index contributed by atoms with van der Waals surface area (Å²) in [6.07, 6.45) is 0.786. The van der Waals surface area contributed by atoms with Gasteiger partial charge in [-0.25, -0.2) is 8.42 Å². The molecule has 1 aliphatic heterocycles. The summed E-state index contributed by atoms with van der Waals surface area (Å²) in [6, 6.07) is 8.48. The van der Waals surface area contributed by atoms with Crippen LogP contribution >= 0.6 is 11.3 Å². The first-order valence-electron chi connectivity index (χ1n) is 6.23. The average molecular weight is 309 g/mol. The van der Waals surface area contributed by atoms with Gasteiger partial charge in [0.05, 0.1) is 4.90 Å². The lowest BCUT2D eigenvalue weighted by Gasteiger charge is -2.26. The Bertz CT molecular complexity index is 707. The van der Waals surface area contributed by atoms with Crippen LogP contribution in [0.4, 0.5) is 5.69 Å². The molecule has 0 radical (unpaired) electrons. The minimum atomic E-state index is -3.44. The Morgan fingerprint density at radius 2 is 1.95 bits per heavy atom. The molecule has 5 nitrogen and oxygen atoms in total. The van der Waals surface area contributed by atoms with Crippen molar-refractivity contribution in [1.29, 1.82) is 0 Å². The molecule has 3 N–H and O–H groups in total. The zero-order chi connectivity index (χ0) is 14.2. The summed E-state index contributed by atoms with van der Waals surface area (Å²) in [5, 5.41) is 2.02. The van der Waals surface area contributed by atoms with Gasteiger partial charge < -0.3 is 5.43 Å². The van der Waals surface area contributed by atoms with Gasteiger partial charge in [0.2, 0.25) is 10.0 Å². The summed E-state index contributed by atoms with van der Waals surface area (Å²) < 4.78 is 26.7. The molecular weight excluding hydrogens is 294 g/mol. The lowest BCUT2D eigenvalue weighted by Crippen LogP contribution is -2.35. The third-order valence-corrected chi connectivity index (χ3v) is 6.31. The average Bonchev–Trinajstić information content (AvgIpc) is 2.94. The van der Waals surface area contributed by atoms with E-state index in [9.17, 15) is 8.42 Å². The molecule has 2 heterocycles. The van der Waals surface area contributed by atoms with Crippen LogP contribution in [0.1, 0.15) is 10.4 Å². The molecule has 0 atom stereocenters. The van der Waals surface area contributed by atoms with E-state index in [1.807, 2.05) is 11.4 Å². The zero-order valence-electron chi connectivity index (χ0n) is 10.7. The van der Waals surface area contributed by atoms with E-state index in [4.69, 9.17) is 5.84 Å². The second-order valence-electron chi connectivity index (χ2n) is 4.63. The molecule has 1 aliphatic rings. The summed E-state index contributed by atoms with van der Waals surface area (Å²) in [7, 11) is -3.44. The van der Waals surface area contributed by atoms with Gasteiger partial charge in [0.1, 0.15) is 0 Å². The predicted molar refractivity (Wildman–Crippen MR) is 79.9 cm³/mol. The fourth-order valence-electron chi connectivity index (χ4n) is 2.30. The Labute approximate surface area is 122 Å². The molecule has 20 heavy (non-hydrogen) atoms. The molecule has 2 aromatic rings. The van der Waals surface area contributed by atoms with Crippen molar-refractivity contribution in [3.63, 3.8) is 0 Å². The Morgan fingerprint density at radius 1 is 1.20 bits per heavy atom. The quantitative estimate of drug-likeness (QED) is 0.669. The molecule has 1 aromatic heterocycles. The lowest BCUT2D eigenvalue weighted by molar-refractivity contribution is 0.394. The van der Waals surface area contributed by atoms with Crippen molar-refractivity contribution in [3.05, 3.63) is 46.2 Å². The minimum Gasteiger partial charge on any atom is -0.324 e. The van der Waals surface area contributed by atoms with Crippen LogP contribution in [0, 0.1) is 0 Å². The number of nitrogens with two attached hydrogens (primary N) is 1. The number of hydrogen-bond donors (Lipinski definition) is 2. The molecule has 0 fully saturated rings. The molecular formula is C13H15N3O2S2. The first kappa shape index (κ1) is 13.6. The fourth-order valence-corrected chi connectivity index (χ4v) is 4.61. The largest absolute Gasteiger partial charge is 0.324 e. The number of anilines is 1. The highest BCUT2D eigenvalue weighted by molar-refractivity contribution is 7.89. The zero-order valence-corrected chi connectivity index (χ0v) is 12.4. The van der Waals surface area contributed by atoms with Gasteiger partial charge in [-0.2, -0.15) is 4.31 Å². The third-order valence-electron chi connectivity index (χ3n) is 3.43. The maximum atomic E-state index is 12.6. The molecule has 106 valence electrons. The van der Waals surface area contributed by atoms with Crippen LogP contribution in [0.2, 0.25) is 0 Å². The maximum absolute atomic E-state index is 12.6.